The third kappa shape index (κ3) is 5.44. The van der Waals surface area contributed by atoms with Gasteiger partial charge in [0.2, 0.25) is 0 Å². The molecule has 9 heteroatoms. The Bertz CT molecular complexity index is 1160. The van der Waals surface area contributed by atoms with E-state index in [9.17, 15) is 13.2 Å². The lowest BCUT2D eigenvalue weighted by molar-refractivity contribution is -0.0258. The maximum atomic E-state index is 12.7. The number of carbonyl (C=O) groups excluding carboxylic acids is 1. The number of hydrogen-bond donors (Lipinski definition) is 1. The van der Waals surface area contributed by atoms with E-state index in [0.29, 0.717) is 29.4 Å². The number of benzene rings is 3. The van der Waals surface area contributed by atoms with Gasteiger partial charge in [-0.25, -0.2) is 8.42 Å². The summed E-state index contributed by atoms with van der Waals surface area (Å²) >= 11 is 0. The number of nitrogens with one attached hydrogen (secondary N) is 1. The van der Waals surface area contributed by atoms with Crippen molar-refractivity contribution in [2.24, 2.45) is 0 Å². The van der Waals surface area contributed by atoms with Gasteiger partial charge in [-0.2, -0.15) is 0 Å². The van der Waals surface area contributed by atoms with E-state index in [-0.39, 0.29) is 4.90 Å². The van der Waals surface area contributed by atoms with Crippen molar-refractivity contribution in [2.75, 3.05) is 26.1 Å². The number of anilines is 1. The van der Waals surface area contributed by atoms with Crippen molar-refractivity contribution >= 4 is 21.6 Å². The molecule has 0 saturated heterocycles. The number of carbonyl (C=O) groups is 1. The first-order valence-electron chi connectivity index (χ1n) is 9.79. The van der Waals surface area contributed by atoms with Crippen molar-refractivity contribution in [2.45, 2.75) is 11.8 Å². The van der Waals surface area contributed by atoms with Gasteiger partial charge in [0.05, 0.1) is 24.3 Å². The summed E-state index contributed by atoms with van der Waals surface area (Å²) in [7, 11) is -1.24. The predicted octanol–water partition coefficient (Wildman–Crippen LogP) is 4.31. The number of ether oxygens (including phenoxy) is 2. The highest BCUT2D eigenvalue weighted by Crippen LogP contribution is 2.30. The third-order valence-electron chi connectivity index (χ3n) is 4.51. The van der Waals surface area contributed by atoms with Crippen molar-refractivity contribution in [1.29, 1.82) is 0 Å². The summed E-state index contributed by atoms with van der Waals surface area (Å²) in [5.74, 6) is 1.39. The fraction of sp³-hybridized carbons (Fsp3) is 0.174. The smallest absolute Gasteiger partial charge is 0.264 e. The van der Waals surface area contributed by atoms with Gasteiger partial charge in [-0.15, -0.1) is 0 Å². The second-order valence-electron chi connectivity index (χ2n) is 6.58. The van der Waals surface area contributed by atoms with Gasteiger partial charge in [-0.05, 0) is 67.6 Å². The summed E-state index contributed by atoms with van der Waals surface area (Å²) in [6.07, 6.45) is 0. The summed E-state index contributed by atoms with van der Waals surface area (Å²) in [6.45, 7) is 2.49. The first-order chi connectivity index (χ1) is 15.3. The molecule has 1 amide bonds. The van der Waals surface area contributed by atoms with Crippen LogP contribution in [-0.2, 0) is 14.9 Å². The van der Waals surface area contributed by atoms with Crippen LogP contribution in [0.25, 0.3) is 0 Å². The molecule has 0 aliphatic carbocycles. The fourth-order valence-corrected chi connectivity index (χ4v) is 3.75. The van der Waals surface area contributed by atoms with Crippen LogP contribution >= 0.6 is 0 Å². The highest BCUT2D eigenvalue weighted by molar-refractivity contribution is 7.89. The van der Waals surface area contributed by atoms with Gasteiger partial charge in [0.15, 0.2) is 5.75 Å². The molecule has 0 heterocycles. The highest BCUT2D eigenvalue weighted by Gasteiger charge is 2.21. The van der Waals surface area contributed by atoms with Crippen molar-refractivity contribution in [3.63, 3.8) is 0 Å². The molecule has 3 rings (SSSR count). The lowest BCUT2D eigenvalue weighted by Crippen LogP contribution is -2.25. The maximum absolute atomic E-state index is 12.7. The van der Waals surface area contributed by atoms with E-state index in [1.165, 1.54) is 38.4 Å². The van der Waals surface area contributed by atoms with E-state index >= 15 is 0 Å². The standard InChI is InChI=1S/C23H24N2O6S/c1-4-30-18-11-13-19(14-12-18)31-22-8-6-5-7-21(22)24-23(26)17-9-15-20(16-10-17)32(27,28)25(2)29-3/h5-16H,4H2,1-3H3,(H,24,26). The van der Waals surface area contributed by atoms with Crippen LogP contribution in [0.3, 0.4) is 0 Å². The second kappa shape index (κ2) is 10.3. The number of hydroxylamine groups is 1. The molecule has 0 saturated carbocycles. The molecule has 0 spiro atoms. The van der Waals surface area contributed by atoms with Crippen molar-refractivity contribution in [3.8, 4) is 17.2 Å². The Morgan fingerprint density at radius 2 is 1.56 bits per heavy atom. The van der Waals surface area contributed by atoms with E-state index in [1.807, 2.05) is 6.92 Å². The van der Waals surface area contributed by atoms with Crippen molar-refractivity contribution < 1.29 is 27.5 Å². The Morgan fingerprint density at radius 1 is 0.938 bits per heavy atom. The van der Waals surface area contributed by atoms with Crippen LogP contribution < -0.4 is 14.8 Å². The first kappa shape index (κ1) is 23.3. The highest BCUT2D eigenvalue weighted by atomic mass is 32.2. The van der Waals surface area contributed by atoms with E-state index in [4.69, 9.17) is 14.3 Å². The molecule has 0 radical (unpaired) electrons. The van der Waals surface area contributed by atoms with E-state index in [2.05, 4.69) is 5.32 Å². The van der Waals surface area contributed by atoms with Gasteiger partial charge in [-0.3, -0.25) is 9.63 Å². The first-order valence-corrected chi connectivity index (χ1v) is 11.2. The lowest BCUT2D eigenvalue weighted by atomic mass is 10.2. The van der Waals surface area contributed by atoms with Gasteiger partial charge < -0.3 is 14.8 Å². The Morgan fingerprint density at radius 3 is 2.19 bits per heavy atom. The molecule has 168 valence electrons. The lowest BCUT2D eigenvalue weighted by Gasteiger charge is -2.15. The molecule has 3 aromatic rings. The largest absolute Gasteiger partial charge is 0.494 e. The molecule has 0 unspecified atom stereocenters. The van der Waals surface area contributed by atoms with Crippen LogP contribution in [0.15, 0.2) is 77.7 Å². The Hall–Kier alpha value is -3.40. The molecule has 0 aliphatic rings. The van der Waals surface area contributed by atoms with Crippen LogP contribution in [0, 0.1) is 0 Å². The Labute approximate surface area is 187 Å². The molecule has 32 heavy (non-hydrogen) atoms. The second-order valence-corrected chi connectivity index (χ2v) is 8.51. The molecule has 0 atom stereocenters. The number of rotatable bonds is 9. The van der Waals surface area contributed by atoms with Crippen LogP contribution in [0.4, 0.5) is 5.69 Å². The molecular formula is C23H24N2O6S. The quantitative estimate of drug-likeness (QED) is 0.482. The summed E-state index contributed by atoms with van der Waals surface area (Å²) < 4.78 is 36.7. The van der Waals surface area contributed by atoms with Gasteiger partial charge in [0.25, 0.3) is 15.9 Å². The third-order valence-corrected chi connectivity index (χ3v) is 6.20. The summed E-state index contributed by atoms with van der Waals surface area (Å²) in [5.41, 5.74) is 0.766. The van der Waals surface area contributed by atoms with Gasteiger partial charge in [-0.1, -0.05) is 16.6 Å². The fourth-order valence-electron chi connectivity index (χ4n) is 2.78. The van der Waals surface area contributed by atoms with Gasteiger partial charge in [0.1, 0.15) is 11.5 Å². The average Bonchev–Trinajstić information content (AvgIpc) is 2.81. The average molecular weight is 457 g/mol. The molecule has 3 aromatic carbocycles. The molecule has 8 nitrogen and oxygen atoms in total. The number of hydrogen-bond acceptors (Lipinski definition) is 6. The van der Waals surface area contributed by atoms with E-state index in [1.54, 1.807) is 48.5 Å². The summed E-state index contributed by atoms with van der Waals surface area (Å²) in [4.78, 5) is 17.5. The van der Waals surface area contributed by atoms with Crippen LogP contribution in [-0.4, -0.2) is 39.6 Å². The summed E-state index contributed by atoms with van der Waals surface area (Å²) in [5, 5.41) is 2.80. The monoisotopic (exact) mass is 456 g/mol. The number of para-hydroxylation sites is 2. The Kier molecular flexibility index (Phi) is 7.47. The zero-order chi connectivity index (χ0) is 23.1. The van der Waals surface area contributed by atoms with E-state index in [0.717, 1.165) is 10.2 Å². The van der Waals surface area contributed by atoms with Crippen molar-refractivity contribution in [3.05, 3.63) is 78.4 Å². The zero-order valence-electron chi connectivity index (χ0n) is 17.9. The van der Waals surface area contributed by atoms with Crippen LogP contribution in [0.5, 0.6) is 17.2 Å². The minimum absolute atomic E-state index is 0.0117. The van der Waals surface area contributed by atoms with Crippen molar-refractivity contribution in [1.82, 2.24) is 4.47 Å². The normalized spacial score (nSPS) is 11.2. The van der Waals surface area contributed by atoms with E-state index < -0.39 is 15.9 Å². The number of nitrogens with zero attached hydrogens (tertiary/aromatic N) is 1. The number of amides is 1. The SMILES string of the molecule is CCOc1ccc(Oc2ccccc2NC(=O)c2ccc(S(=O)(=O)N(C)OC)cc2)cc1. The van der Waals surface area contributed by atoms with Gasteiger partial charge >= 0.3 is 0 Å². The molecule has 1 N–H and O–H groups in total. The summed E-state index contributed by atoms with van der Waals surface area (Å²) in [6, 6.07) is 19.7. The molecule has 0 aliphatic heterocycles. The molecule has 0 bridgehead atoms. The predicted molar refractivity (Wildman–Crippen MR) is 120 cm³/mol. The van der Waals surface area contributed by atoms with Gasteiger partial charge in [0, 0.05) is 12.6 Å². The minimum Gasteiger partial charge on any atom is -0.494 e. The molecule has 0 fully saturated rings. The maximum Gasteiger partial charge on any atom is 0.264 e. The van der Waals surface area contributed by atoms with Crippen LogP contribution in [0.1, 0.15) is 17.3 Å². The zero-order valence-corrected chi connectivity index (χ0v) is 18.8. The number of sulfonamides is 1. The topological polar surface area (TPSA) is 94.2 Å². The minimum atomic E-state index is -3.79. The molecule has 0 aromatic heterocycles. The Balaban J connectivity index is 1.74. The molecular weight excluding hydrogens is 432 g/mol. The van der Waals surface area contributed by atoms with Crippen LogP contribution in [0.2, 0.25) is 0 Å².